The van der Waals surface area contributed by atoms with Crippen molar-refractivity contribution in [1.82, 2.24) is 0 Å². The van der Waals surface area contributed by atoms with Crippen LogP contribution in [0.15, 0.2) is 73.9 Å². The van der Waals surface area contributed by atoms with Crippen LogP contribution in [0.3, 0.4) is 0 Å². The fraction of sp³-hybridized carbons (Fsp3) is 0.200. The molecule has 0 N–H and O–H groups in total. The summed E-state index contributed by atoms with van der Waals surface area (Å²) in [5.74, 6) is 0.300. The first-order valence-electron chi connectivity index (χ1n) is 5.06. The van der Waals surface area contributed by atoms with E-state index in [2.05, 4.69) is 32.4 Å². The SMILES string of the molecule is C=CCC(C=C)/C(C=C)=C/C=C(\C)C=C. The summed E-state index contributed by atoms with van der Waals surface area (Å²) >= 11 is 0. The molecule has 0 bridgehead atoms. The summed E-state index contributed by atoms with van der Waals surface area (Å²) in [6, 6.07) is 0. The zero-order chi connectivity index (χ0) is 11.7. The van der Waals surface area contributed by atoms with Crippen molar-refractivity contribution in [3.8, 4) is 0 Å². The standard InChI is InChI=1S/C15H20/c1-6-10-14(8-3)15(9-4)12-11-13(5)7-2/h6-9,11-12,14H,1-4,10H2,5H3/b13-11+,15-12+. The number of allylic oxidation sites excluding steroid dienone is 8. The molecule has 0 nitrogen and oxygen atoms in total. The molecule has 0 heterocycles. The predicted molar refractivity (Wildman–Crippen MR) is 70.7 cm³/mol. The molecule has 0 aromatic carbocycles. The molecule has 0 saturated carbocycles. The van der Waals surface area contributed by atoms with Gasteiger partial charge in [0.05, 0.1) is 0 Å². The van der Waals surface area contributed by atoms with E-state index in [9.17, 15) is 0 Å². The van der Waals surface area contributed by atoms with Gasteiger partial charge in [-0.05, 0) is 18.9 Å². The molecule has 1 atom stereocenters. The van der Waals surface area contributed by atoms with Crippen LogP contribution in [0.2, 0.25) is 0 Å². The molecule has 1 unspecified atom stereocenters. The quantitative estimate of drug-likeness (QED) is 0.416. The van der Waals surface area contributed by atoms with E-state index in [1.165, 1.54) is 0 Å². The van der Waals surface area contributed by atoms with Gasteiger partial charge in [0, 0.05) is 5.92 Å². The van der Waals surface area contributed by atoms with Crippen LogP contribution in [0, 0.1) is 5.92 Å². The van der Waals surface area contributed by atoms with Crippen LogP contribution in [0.4, 0.5) is 0 Å². The van der Waals surface area contributed by atoms with Crippen LogP contribution in [0.25, 0.3) is 0 Å². The van der Waals surface area contributed by atoms with E-state index in [1.54, 1.807) is 0 Å². The van der Waals surface area contributed by atoms with Crippen molar-refractivity contribution >= 4 is 0 Å². The van der Waals surface area contributed by atoms with Gasteiger partial charge in [-0.25, -0.2) is 0 Å². The second-order valence-electron chi connectivity index (χ2n) is 3.35. The molecule has 80 valence electrons. The van der Waals surface area contributed by atoms with E-state index in [-0.39, 0.29) is 0 Å². The molecule has 0 aliphatic heterocycles. The van der Waals surface area contributed by atoms with Crippen LogP contribution in [0.1, 0.15) is 13.3 Å². The van der Waals surface area contributed by atoms with E-state index >= 15 is 0 Å². The zero-order valence-corrected chi connectivity index (χ0v) is 9.58. The molecule has 0 radical (unpaired) electrons. The minimum Gasteiger partial charge on any atom is -0.103 e. The van der Waals surface area contributed by atoms with Gasteiger partial charge in [0.2, 0.25) is 0 Å². The highest BCUT2D eigenvalue weighted by Gasteiger charge is 2.04. The maximum atomic E-state index is 3.82. The third-order valence-electron chi connectivity index (χ3n) is 2.23. The van der Waals surface area contributed by atoms with Gasteiger partial charge in [-0.1, -0.05) is 55.2 Å². The van der Waals surface area contributed by atoms with Crippen molar-refractivity contribution in [2.45, 2.75) is 13.3 Å². The Morgan fingerprint density at radius 3 is 2.13 bits per heavy atom. The lowest BCUT2D eigenvalue weighted by Crippen LogP contribution is -1.96. The summed E-state index contributed by atoms with van der Waals surface area (Å²) in [6.07, 6.45) is 12.5. The largest absolute Gasteiger partial charge is 0.103 e. The highest BCUT2D eigenvalue weighted by Crippen LogP contribution is 2.18. The highest BCUT2D eigenvalue weighted by molar-refractivity contribution is 5.31. The lowest BCUT2D eigenvalue weighted by Gasteiger charge is -2.10. The van der Waals surface area contributed by atoms with Crippen molar-refractivity contribution in [2.24, 2.45) is 5.92 Å². The summed E-state index contributed by atoms with van der Waals surface area (Å²) in [5, 5.41) is 0. The summed E-state index contributed by atoms with van der Waals surface area (Å²) < 4.78 is 0. The molecular formula is C15H20. The Balaban J connectivity index is 4.86. The molecule has 15 heavy (non-hydrogen) atoms. The van der Waals surface area contributed by atoms with Crippen LogP contribution in [-0.4, -0.2) is 0 Å². The van der Waals surface area contributed by atoms with Crippen molar-refractivity contribution in [1.29, 1.82) is 0 Å². The van der Waals surface area contributed by atoms with Gasteiger partial charge in [-0.15, -0.1) is 13.2 Å². The smallest absolute Gasteiger partial charge is 0.00494 e. The lowest BCUT2D eigenvalue weighted by atomic mass is 9.95. The molecule has 0 amide bonds. The van der Waals surface area contributed by atoms with Crippen molar-refractivity contribution in [3.05, 3.63) is 73.9 Å². The Morgan fingerprint density at radius 2 is 1.73 bits per heavy atom. The van der Waals surface area contributed by atoms with Crippen molar-refractivity contribution in [3.63, 3.8) is 0 Å². The Morgan fingerprint density at radius 1 is 1.07 bits per heavy atom. The van der Waals surface area contributed by atoms with Crippen LogP contribution in [0.5, 0.6) is 0 Å². The fourth-order valence-electron chi connectivity index (χ4n) is 1.19. The Hall–Kier alpha value is -1.56. The average molecular weight is 200 g/mol. The molecule has 0 spiro atoms. The van der Waals surface area contributed by atoms with Gasteiger partial charge in [0.25, 0.3) is 0 Å². The van der Waals surface area contributed by atoms with E-state index in [4.69, 9.17) is 0 Å². The number of hydrogen-bond acceptors (Lipinski definition) is 0. The number of rotatable bonds is 7. The molecule has 0 rings (SSSR count). The summed E-state index contributed by atoms with van der Waals surface area (Å²) in [5.41, 5.74) is 2.29. The monoisotopic (exact) mass is 200 g/mol. The lowest BCUT2D eigenvalue weighted by molar-refractivity contribution is 0.799. The minimum atomic E-state index is 0.300. The number of hydrogen-bond donors (Lipinski definition) is 0. The second kappa shape index (κ2) is 7.81. The third kappa shape index (κ3) is 5.02. The van der Waals surface area contributed by atoms with Crippen molar-refractivity contribution < 1.29 is 0 Å². The van der Waals surface area contributed by atoms with E-state index in [0.717, 1.165) is 17.6 Å². The Bertz CT molecular complexity index is 300. The molecule has 0 aromatic heterocycles. The van der Waals surface area contributed by atoms with Gasteiger partial charge in [-0.2, -0.15) is 0 Å². The first kappa shape index (κ1) is 13.4. The van der Waals surface area contributed by atoms with Gasteiger partial charge in [-0.3, -0.25) is 0 Å². The topological polar surface area (TPSA) is 0 Å². The first-order chi connectivity index (χ1) is 7.19. The highest BCUT2D eigenvalue weighted by atomic mass is 14.1. The molecule has 0 heteroatoms. The van der Waals surface area contributed by atoms with Crippen LogP contribution < -0.4 is 0 Å². The third-order valence-corrected chi connectivity index (χ3v) is 2.23. The Kier molecular flexibility index (Phi) is 7.00. The van der Waals surface area contributed by atoms with Gasteiger partial charge >= 0.3 is 0 Å². The predicted octanol–water partition coefficient (Wildman–Crippen LogP) is 4.61. The van der Waals surface area contributed by atoms with E-state index < -0.39 is 0 Å². The van der Waals surface area contributed by atoms with Crippen LogP contribution >= 0.6 is 0 Å². The van der Waals surface area contributed by atoms with Gasteiger partial charge < -0.3 is 0 Å². The molecule has 0 aliphatic rings. The first-order valence-corrected chi connectivity index (χ1v) is 5.06. The van der Waals surface area contributed by atoms with Crippen molar-refractivity contribution in [2.75, 3.05) is 0 Å². The maximum absolute atomic E-state index is 3.82. The van der Waals surface area contributed by atoms with E-state index in [0.29, 0.717) is 5.92 Å². The Labute approximate surface area is 93.7 Å². The molecule has 0 aromatic rings. The van der Waals surface area contributed by atoms with E-state index in [1.807, 2.05) is 37.3 Å². The van der Waals surface area contributed by atoms with Gasteiger partial charge in [0.1, 0.15) is 0 Å². The minimum absolute atomic E-state index is 0.300. The average Bonchev–Trinajstić information content (AvgIpc) is 2.27. The maximum Gasteiger partial charge on any atom is 0.00494 e. The summed E-state index contributed by atoms with van der Waals surface area (Å²) in [4.78, 5) is 0. The molecule has 0 aliphatic carbocycles. The molecule has 0 saturated heterocycles. The zero-order valence-electron chi connectivity index (χ0n) is 9.58. The van der Waals surface area contributed by atoms with Gasteiger partial charge in [0.15, 0.2) is 0 Å². The van der Waals surface area contributed by atoms with Crippen LogP contribution in [-0.2, 0) is 0 Å². The summed E-state index contributed by atoms with van der Waals surface area (Å²) in [7, 11) is 0. The summed E-state index contributed by atoms with van der Waals surface area (Å²) in [6.45, 7) is 17.1. The molecule has 0 fully saturated rings. The molecular weight excluding hydrogens is 180 g/mol. The second-order valence-corrected chi connectivity index (χ2v) is 3.35. The normalized spacial score (nSPS) is 14.2. The fourth-order valence-corrected chi connectivity index (χ4v) is 1.19.